The summed E-state index contributed by atoms with van der Waals surface area (Å²) in [4.78, 5) is 13.5. The average molecular weight is 426 g/mol. The van der Waals surface area contributed by atoms with Crippen LogP contribution in [0.3, 0.4) is 0 Å². The second-order valence-electron chi connectivity index (χ2n) is 7.16. The standard InChI is InChI=1S/C13H27.C7H10NO.Sn/c1-4-7-10-13(11-8-5-2)12-9-6-3;1-7(9)8-5-3-2-4-6-8;/h4-12H2,1-3H3;3H,4-6H2,1H3;. The quantitative estimate of drug-likeness (QED) is 0.397. The number of amides is 1. The Labute approximate surface area is 154 Å². The molecular formula is C20H37NOSn. The van der Waals surface area contributed by atoms with Crippen molar-refractivity contribution in [3.05, 3.63) is 9.67 Å². The molecule has 0 aromatic rings. The molecule has 132 valence electrons. The minimum atomic E-state index is -0.546. The van der Waals surface area contributed by atoms with Crippen LogP contribution in [0.2, 0.25) is 3.43 Å². The van der Waals surface area contributed by atoms with E-state index in [0.29, 0.717) is 3.43 Å². The van der Waals surface area contributed by atoms with Crippen molar-refractivity contribution in [2.45, 2.75) is 95.3 Å². The zero-order valence-corrected chi connectivity index (χ0v) is 18.8. The molecule has 1 aliphatic heterocycles. The van der Waals surface area contributed by atoms with Gasteiger partial charge in [-0.2, -0.15) is 0 Å². The molecule has 1 heterocycles. The molecule has 0 atom stereocenters. The third-order valence-corrected chi connectivity index (χ3v) is 11.0. The molecule has 2 nitrogen and oxygen atoms in total. The third-order valence-electron chi connectivity index (χ3n) is 5.11. The van der Waals surface area contributed by atoms with Gasteiger partial charge in [0.1, 0.15) is 0 Å². The van der Waals surface area contributed by atoms with Crippen LogP contribution in [0, 0.1) is 0 Å². The van der Waals surface area contributed by atoms with Gasteiger partial charge < -0.3 is 0 Å². The molecule has 0 aromatic carbocycles. The first-order valence-corrected chi connectivity index (χ1v) is 12.6. The second kappa shape index (κ2) is 11.5. The van der Waals surface area contributed by atoms with Crippen LogP contribution in [0.25, 0.3) is 0 Å². The second-order valence-corrected chi connectivity index (χ2v) is 12.7. The van der Waals surface area contributed by atoms with Gasteiger partial charge in [0.05, 0.1) is 0 Å². The fourth-order valence-electron chi connectivity index (χ4n) is 3.52. The van der Waals surface area contributed by atoms with Crippen LogP contribution in [0.1, 0.15) is 91.9 Å². The Morgan fingerprint density at radius 1 is 1.09 bits per heavy atom. The first-order valence-electron chi connectivity index (χ1n) is 9.79. The number of hydrogen-bond acceptors (Lipinski definition) is 1. The van der Waals surface area contributed by atoms with Gasteiger partial charge in [0.25, 0.3) is 0 Å². The number of rotatable bonds is 11. The summed E-state index contributed by atoms with van der Waals surface area (Å²) in [5, 5.41) is 0. The first-order chi connectivity index (χ1) is 11.1. The van der Waals surface area contributed by atoms with Crippen molar-refractivity contribution in [2.24, 2.45) is 0 Å². The normalized spacial score (nSPS) is 15.7. The summed E-state index contributed by atoms with van der Waals surface area (Å²) in [5.41, 5.74) is 0. The minimum absolute atomic E-state index is 0.236. The zero-order chi connectivity index (χ0) is 17.1. The molecule has 0 unspecified atom stereocenters. The Balaban J connectivity index is 2.78. The van der Waals surface area contributed by atoms with Crippen molar-refractivity contribution in [2.75, 3.05) is 13.1 Å². The number of unbranched alkanes of at least 4 members (excludes halogenated alkanes) is 3. The van der Waals surface area contributed by atoms with E-state index in [1.165, 1.54) is 57.8 Å². The Hall–Kier alpha value is 0.00870. The van der Waals surface area contributed by atoms with Gasteiger partial charge in [-0.05, 0) is 0 Å². The summed E-state index contributed by atoms with van der Waals surface area (Å²) < 4.78 is 2.48. The molecule has 3 heteroatoms. The number of carbonyl (C=O) groups is 1. The van der Waals surface area contributed by atoms with E-state index >= 15 is 0 Å². The zero-order valence-electron chi connectivity index (χ0n) is 15.9. The van der Waals surface area contributed by atoms with Gasteiger partial charge in [-0.15, -0.1) is 0 Å². The number of carbonyl (C=O) groups excluding carboxylic acids is 1. The van der Waals surface area contributed by atoms with E-state index in [9.17, 15) is 4.79 Å². The van der Waals surface area contributed by atoms with Crippen LogP contribution < -0.4 is 0 Å². The maximum absolute atomic E-state index is 11.5. The Morgan fingerprint density at radius 2 is 1.61 bits per heavy atom. The molecule has 23 heavy (non-hydrogen) atoms. The van der Waals surface area contributed by atoms with Crippen LogP contribution in [-0.4, -0.2) is 45.0 Å². The van der Waals surface area contributed by atoms with Crippen molar-refractivity contribution in [3.8, 4) is 0 Å². The van der Waals surface area contributed by atoms with Gasteiger partial charge in [0, 0.05) is 0 Å². The Morgan fingerprint density at radius 3 is 1.96 bits per heavy atom. The van der Waals surface area contributed by atoms with Gasteiger partial charge in [-0.3, -0.25) is 0 Å². The van der Waals surface area contributed by atoms with Gasteiger partial charge >= 0.3 is 155 Å². The van der Waals surface area contributed by atoms with E-state index in [2.05, 4.69) is 26.8 Å². The fourth-order valence-corrected chi connectivity index (χ4v) is 9.27. The molecule has 0 aromatic heterocycles. The molecule has 1 rings (SSSR count). The molecular weight excluding hydrogens is 389 g/mol. The average Bonchev–Trinajstić information content (AvgIpc) is 2.56. The molecule has 0 bridgehead atoms. The SMILES string of the molecule is CCCC[C](CCCC)(CCCC)[Sn][C]1=CCN(C(C)=O)CC1. The summed E-state index contributed by atoms with van der Waals surface area (Å²) in [6.07, 6.45) is 16.2. The number of hydrogen-bond donors (Lipinski definition) is 0. The molecule has 0 aliphatic carbocycles. The first kappa shape index (κ1) is 21.1. The van der Waals surface area contributed by atoms with Crippen molar-refractivity contribution < 1.29 is 4.79 Å². The molecule has 1 aliphatic rings. The molecule has 0 saturated carbocycles. The number of nitrogens with zero attached hydrogens (tertiary/aromatic N) is 1. The monoisotopic (exact) mass is 427 g/mol. The van der Waals surface area contributed by atoms with Crippen LogP contribution in [-0.2, 0) is 4.79 Å². The summed E-state index contributed by atoms with van der Waals surface area (Å²) in [5.74, 6) is 0.236. The molecule has 0 saturated heterocycles. The van der Waals surface area contributed by atoms with E-state index in [1.807, 2.05) is 4.90 Å². The summed E-state index contributed by atoms with van der Waals surface area (Å²) >= 11 is -0.546. The predicted octanol–water partition coefficient (Wildman–Crippen LogP) is 5.56. The van der Waals surface area contributed by atoms with Crippen LogP contribution in [0.5, 0.6) is 0 Å². The third kappa shape index (κ3) is 7.62. The molecule has 0 N–H and O–H groups in total. The summed E-state index contributed by atoms with van der Waals surface area (Å²) in [6.45, 7) is 10.5. The van der Waals surface area contributed by atoms with Gasteiger partial charge in [-0.25, -0.2) is 0 Å². The van der Waals surface area contributed by atoms with Crippen LogP contribution in [0.4, 0.5) is 0 Å². The van der Waals surface area contributed by atoms with Crippen molar-refractivity contribution in [1.82, 2.24) is 4.90 Å². The van der Waals surface area contributed by atoms with Gasteiger partial charge in [0.2, 0.25) is 0 Å². The van der Waals surface area contributed by atoms with Crippen molar-refractivity contribution in [3.63, 3.8) is 0 Å². The topological polar surface area (TPSA) is 20.3 Å². The Kier molecular flexibility index (Phi) is 10.6. The molecule has 0 fully saturated rings. The van der Waals surface area contributed by atoms with E-state index in [-0.39, 0.29) is 5.91 Å². The van der Waals surface area contributed by atoms with Gasteiger partial charge in [0.15, 0.2) is 0 Å². The fraction of sp³-hybridized carbons (Fsp3) is 0.850. The van der Waals surface area contributed by atoms with Crippen LogP contribution >= 0.6 is 0 Å². The maximum atomic E-state index is 11.5. The van der Waals surface area contributed by atoms with E-state index < -0.39 is 21.1 Å². The van der Waals surface area contributed by atoms with Gasteiger partial charge in [-0.1, -0.05) is 0 Å². The van der Waals surface area contributed by atoms with E-state index in [1.54, 1.807) is 10.5 Å². The molecule has 1 amide bonds. The van der Waals surface area contributed by atoms with Crippen molar-refractivity contribution in [1.29, 1.82) is 0 Å². The van der Waals surface area contributed by atoms with E-state index in [0.717, 1.165) is 19.5 Å². The molecule has 0 spiro atoms. The van der Waals surface area contributed by atoms with Crippen molar-refractivity contribution >= 4 is 27.0 Å². The predicted molar refractivity (Wildman–Crippen MR) is 102 cm³/mol. The van der Waals surface area contributed by atoms with E-state index in [4.69, 9.17) is 0 Å². The summed E-state index contributed by atoms with van der Waals surface area (Å²) in [6, 6.07) is 0. The molecule has 2 radical (unpaired) electrons. The Bertz CT molecular complexity index is 356. The van der Waals surface area contributed by atoms with Crippen LogP contribution in [0.15, 0.2) is 9.67 Å². The summed E-state index contributed by atoms with van der Waals surface area (Å²) in [7, 11) is 0.